The van der Waals surface area contributed by atoms with Gasteiger partial charge in [-0.3, -0.25) is 0 Å². The van der Waals surface area contributed by atoms with Crippen LogP contribution in [0.2, 0.25) is 0 Å². The summed E-state index contributed by atoms with van der Waals surface area (Å²) in [5.74, 6) is 1.94. The van der Waals surface area contributed by atoms with Gasteiger partial charge in [-0.25, -0.2) is 15.0 Å². The van der Waals surface area contributed by atoms with Crippen LogP contribution in [0, 0.1) is 0 Å². The molecule has 0 unspecified atom stereocenters. The fourth-order valence-corrected chi connectivity index (χ4v) is 8.12. The van der Waals surface area contributed by atoms with Crippen LogP contribution in [0.1, 0.15) is 0 Å². The summed E-state index contributed by atoms with van der Waals surface area (Å²) in [5.41, 5.74) is 11.3. The average Bonchev–Trinajstić information content (AvgIpc) is 3.51. The molecular weight excluding hydrogens is 621 g/mol. The third-order valence-corrected chi connectivity index (χ3v) is 10.3. The Morgan fingerprint density at radius 3 is 1.67 bits per heavy atom. The Morgan fingerprint density at radius 1 is 0.353 bits per heavy atom. The lowest BCUT2D eigenvalue weighted by Gasteiger charge is -2.16. The van der Waals surface area contributed by atoms with Crippen molar-refractivity contribution in [1.82, 2.24) is 19.5 Å². The third-order valence-electron chi connectivity index (χ3n) is 10.3. The summed E-state index contributed by atoms with van der Waals surface area (Å²) < 4.78 is 2.46. The number of hydrogen-bond acceptors (Lipinski definition) is 3. The Hall–Kier alpha value is -6.91. The second-order valence-electron chi connectivity index (χ2n) is 13.2. The van der Waals surface area contributed by atoms with Crippen LogP contribution in [-0.2, 0) is 0 Å². The molecule has 0 fully saturated rings. The van der Waals surface area contributed by atoms with Crippen molar-refractivity contribution in [3.05, 3.63) is 170 Å². The quantitative estimate of drug-likeness (QED) is 0.191. The van der Waals surface area contributed by atoms with E-state index in [1.54, 1.807) is 0 Å². The summed E-state index contributed by atoms with van der Waals surface area (Å²) in [6, 6.07) is 60.3. The Kier molecular flexibility index (Phi) is 5.92. The highest BCUT2D eigenvalue weighted by molar-refractivity contribution is 6.34. The van der Waals surface area contributed by atoms with Crippen molar-refractivity contribution in [3.63, 3.8) is 0 Å². The smallest absolute Gasteiger partial charge is 0.164 e. The van der Waals surface area contributed by atoms with Crippen molar-refractivity contribution in [2.45, 2.75) is 0 Å². The standard InChI is InChI=1S/C47H28N4/c1-3-13-30(14-4-1)45-48-46(31-15-5-2-6-16-31)50-47(49-45)33-19-11-20-34(27-33)51-40-26-25-29-18-12-24-38-36-22-9-10-23-37(36)39-28-32-17-7-8-21-35(32)44(51)42(39)43(40)41(29)38/h1-28H. The van der Waals surface area contributed by atoms with Crippen molar-refractivity contribution < 1.29 is 0 Å². The zero-order chi connectivity index (χ0) is 33.5. The van der Waals surface area contributed by atoms with Crippen LogP contribution >= 0.6 is 0 Å². The summed E-state index contributed by atoms with van der Waals surface area (Å²) >= 11 is 0. The van der Waals surface area contributed by atoms with Gasteiger partial charge in [-0.1, -0.05) is 146 Å². The zero-order valence-corrected chi connectivity index (χ0v) is 27.5. The molecule has 0 radical (unpaired) electrons. The molecule has 1 aliphatic rings. The third kappa shape index (κ3) is 4.17. The summed E-state index contributed by atoms with van der Waals surface area (Å²) in [5, 5.41) is 7.56. The fourth-order valence-electron chi connectivity index (χ4n) is 8.12. The van der Waals surface area contributed by atoms with E-state index in [0.717, 1.165) is 22.4 Å². The molecule has 0 bridgehead atoms. The van der Waals surface area contributed by atoms with Crippen molar-refractivity contribution >= 4 is 43.4 Å². The van der Waals surface area contributed by atoms with Gasteiger partial charge in [0.2, 0.25) is 0 Å². The lowest BCUT2D eigenvalue weighted by Crippen LogP contribution is -2.01. The van der Waals surface area contributed by atoms with Crippen LogP contribution in [0.25, 0.3) is 105 Å². The van der Waals surface area contributed by atoms with Crippen LogP contribution in [0.4, 0.5) is 0 Å². The Labute approximate surface area is 294 Å². The maximum Gasteiger partial charge on any atom is 0.164 e. The SMILES string of the molecule is c1ccc(-c2nc(-c3ccccc3)nc(-c3cccc(-n4c5ccc6cccc7c6c5c5c(cc6ccccc6c54)-c4ccccc4-7)c3)n2)cc1. The van der Waals surface area contributed by atoms with E-state index in [1.807, 2.05) is 60.7 Å². The number of hydrogen-bond donors (Lipinski definition) is 0. The molecule has 10 aromatic rings. The molecule has 4 nitrogen and oxygen atoms in total. The molecule has 2 heterocycles. The predicted octanol–water partition coefficient (Wildman–Crippen LogP) is 11.9. The monoisotopic (exact) mass is 648 g/mol. The number of fused-ring (bicyclic) bond motifs is 5. The van der Waals surface area contributed by atoms with Crippen LogP contribution in [0.3, 0.4) is 0 Å². The van der Waals surface area contributed by atoms with E-state index in [-0.39, 0.29) is 0 Å². The minimum absolute atomic E-state index is 0.638. The number of aromatic nitrogens is 4. The van der Waals surface area contributed by atoms with Crippen LogP contribution in [-0.4, -0.2) is 19.5 Å². The molecule has 4 heteroatoms. The lowest BCUT2D eigenvalue weighted by atomic mass is 9.92. The van der Waals surface area contributed by atoms with Crippen LogP contribution in [0.15, 0.2) is 170 Å². The Morgan fingerprint density at radius 2 is 0.922 bits per heavy atom. The Bertz CT molecular complexity index is 2960. The van der Waals surface area contributed by atoms with E-state index in [0.29, 0.717) is 17.5 Å². The van der Waals surface area contributed by atoms with Crippen LogP contribution in [0.5, 0.6) is 0 Å². The maximum absolute atomic E-state index is 5.07. The van der Waals surface area contributed by atoms with Gasteiger partial charge < -0.3 is 4.57 Å². The van der Waals surface area contributed by atoms with E-state index in [9.17, 15) is 0 Å². The first-order valence-electron chi connectivity index (χ1n) is 17.3. The van der Waals surface area contributed by atoms with E-state index in [1.165, 1.54) is 65.6 Å². The number of nitrogens with zero attached hydrogens (tertiary/aromatic N) is 4. The van der Waals surface area contributed by atoms with E-state index in [4.69, 9.17) is 15.0 Å². The molecule has 0 spiro atoms. The molecule has 2 aromatic heterocycles. The second-order valence-corrected chi connectivity index (χ2v) is 13.2. The summed E-state index contributed by atoms with van der Waals surface area (Å²) in [4.78, 5) is 15.1. The van der Waals surface area contributed by atoms with E-state index in [2.05, 4.69) is 114 Å². The first-order valence-corrected chi connectivity index (χ1v) is 17.3. The fraction of sp³-hybridized carbons (Fsp3) is 0. The first kappa shape index (κ1) is 28.0. The highest BCUT2D eigenvalue weighted by Gasteiger charge is 2.26. The van der Waals surface area contributed by atoms with Gasteiger partial charge in [0.1, 0.15) is 0 Å². The molecule has 0 amide bonds. The molecule has 1 aliphatic carbocycles. The van der Waals surface area contributed by atoms with Gasteiger partial charge in [0, 0.05) is 38.5 Å². The van der Waals surface area contributed by atoms with Gasteiger partial charge in [-0.05, 0) is 62.7 Å². The van der Waals surface area contributed by atoms with Crippen LogP contribution < -0.4 is 0 Å². The summed E-state index contributed by atoms with van der Waals surface area (Å²) in [6.45, 7) is 0. The lowest BCUT2D eigenvalue weighted by molar-refractivity contribution is 1.07. The van der Waals surface area contributed by atoms with Gasteiger partial charge in [0.05, 0.1) is 11.0 Å². The topological polar surface area (TPSA) is 43.6 Å². The summed E-state index contributed by atoms with van der Waals surface area (Å²) in [7, 11) is 0. The highest BCUT2D eigenvalue weighted by atomic mass is 15.0. The number of rotatable bonds is 4. The first-order chi connectivity index (χ1) is 25.3. The largest absolute Gasteiger partial charge is 0.309 e. The molecule has 0 saturated carbocycles. The van der Waals surface area contributed by atoms with Gasteiger partial charge in [-0.15, -0.1) is 0 Å². The molecular formula is C47H28N4. The second kappa shape index (κ2) is 10.8. The van der Waals surface area contributed by atoms with Crippen molar-refractivity contribution in [2.75, 3.05) is 0 Å². The molecule has 0 atom stereocenters. The molecule has 0 saturated heterocycles. The van der Waals surface area contributed by atoms with Gasteiger partial charge in [0.25, 0.3) is 0 Å². The van der Waals surface area contributed by atoms with Gasteiger partial charge in [0.15, 0.2) is 17.5 Å². The zero-order valence-electron chi connectivity index (χ0n) is 27.5. The highest BCUT2D eigenvalue weighted by Crippen LogP contribution is 2.51. The normalized spacial score (nSPS) is 11.9. The predicted molar refractivity (Wildman–Crippen MR) is 210 cm³/mol. The maximum atomic E-state index is 5.07. The average molecular weight is 649 g/mol. The number of benzene rings is 8. The van der Waals surface area contributed by atoms with Gasteiger partial charge >= 0.3 is 0 Å². The van der Waals surface area contributed by atoms with E-state index < -0.39 is 0 Å². The molecule has 0 aliphatic heterocycles. The Balaban J connectivity index is 1.23. The van der Waals surface area contributed by atoms with Crippen molar-refractivity contribution in [1.29, 1.82) is 0 Å². The van der Waals surface area contributed by atoms with Crippen molar-refractivity contribution in [3.8, 4) is 62.1 Å². The summed E-state index contributed by atoms with van der Waals surface area (Å²) in [6.07, 6.45) is 0. The molecule has 51 heavy (non-hydrogen) atoms. The minimum atomic E-state index is 0.638. The van der Waals surface area contributed by atoms with Crippen molar-refractivity contribution in [2.24, 2.45) is 0 Å². The molecule has 0 N–H and O–H groups in total. The van der Waals surface area contributed by atoms with E-state index >= 15 is 0 Å². The molecule has 11 rings (SSSR count). The molecule has 8 aromatic carbocycles. The molecule has 236 valence electrons. The minimum Gasteiger partial charge on any atom is -0.309 e. The van der Waals surface area contributed by atoms with Gasteiger partial charge in [-0.2, -0.15) is 0 Å².